The maximum atomic E-state index is 13.4. The van der Waals surface area contributed by atoms with Gasteiger partial charge < -0.3 is 11.0 Å². The molecule has 0 saturated carbocycles. The van der Waals surface area contributed by atoms with Crippen molar-refractivity contribution in [2.24, 2.45) is 14.1 Å². The minimum atomic E-state index is -3.78. The van der Waals surface area contributed by atoms with Gasteiger partial charge in [0.25, 0.3) is 20.0 Å². The van der Waals surface area contributed by atoms with Crippen molar-refractivity contribution in [3.63, 3.8) is 0 Å². The van der Waals surface area contributed by atoms with Crippen molar-refractivity contribution >= 4 is 71.5 Å². The van der Waals surface area contributed by atoms with E-state index in [2.05, 4.69) is 54.3 Å². The summed E-state index contributed by atoms with van der Waals surface area (Å²) < 4.78 is 59.7. The predicted octanol–water partition coefficient (Wildman–Crippen LogP) is 10.1. The molecule has 19 heteroatoms. The van der Waals surface area contributed by atoms with Crippen molar-refractivity contribution < 1.29 is 48.2 Å². The molecule has 0 amide bonds. The molecule has 8 aromatic rings. The van der Waals surface area contributed by atoms with Gasteiger partial charge >= 0.3 is 0 Å². The molecule has 2 aliphatic rings. The Labute approximate surface area is 429 Å². The van der Waals surface area contributed by atoms with Crippen LogP contribution in [0.5, 0.6) is 0 Å². The molecule has 14 nitrogen and oxygen atoms in total. The zero-order valence-electron chi connectivity index (χ0n) is 37.1. The summed E-state index contributed by atoms with van der Waals surface area (Å²) in [6, 6.07) is 20.7. The van der Waals surface area contributed by atoms with Crippen LogP contribution in [0.1, 0.15) is 84.6 Å². The van der Waals surface area contributed by atoms with Gasteiger partial charge in [0.1, 0.15) is 7.85 Å². The van der Waals surface area contributed by atoms with Crippen LogP contribution in [0.2, 0.25) is 0 Å². The predicted molar refractivity (Wildman–Crippen MR) is 278 cm³/mol. The molecule has 368 valence electrons. The van der Waals surface area contributed by atoms with E-state index in [9.17, 15) is 16.8 Å². The number of hydrogen-bond donors (Lipinski definition) is 0. The molecule has 4 N–H and O–H groups in total. The van der Waals surface area contributed by atoms with E-state index in [4.69, 9.17) is 7.85 Å². The van der Waals surface area contributed by atoms with E-state index in [1.165, 1.54) is 58.5 Å². The molecule has 0 spiro atoms. The number of aryl methyl sites for hydroxylation is 2. The van der Waals surface area contributed by atoms with Crippen LogP contribution < -0.4 is 0 Å². The first-order valence-corrected chi connectivity index (χ1v) is 25.0. The Morgan fingerprint density at radius 1 is 0.565 bits per heavy atom. The largest absolute Gasteiger partial charge is 0.412 e. The van der Waals surface area contributed by atoms with E-state index >= 15 is 0 Å². The van der Waals surface area contributed by atoms with Crippen LogP contribution in [0.25, 0.3) is 49.9 Å². The fourth-order valence-electron chi connectivity index (χ4n) is 7.98. The summed E-state index contributed by atoms with van der Waals surface area (Å²) >= 11 is 3.41. The van der Waals surface area contributed by atoms with Gasteiger partial charge in [-0.15, -0.1) is 5.47 Å². The summed E-state index contributed by atoms with van der Waals surface area (Å²) in [4.78, 5) is 9.44. The minimum Gasteiger partial charge on any atom is -0.412 e. The smallest absolute Gasteiger partial charge is 0.269 e. The topological polar surface area (TPSA) is 203 Å². The van der Waals surface area contributed by atoms with E-state index < -0.39 is 20.0 Å². The fraction of sp³-hybridized carbons (Fsp3) is 0.280. The summed E-state index contributed by atoms with van der Waals surface area (Å²) in [5.41, 5.74) is 7.53. The SMILES string of the molecule is C.C.Cn1cc(-c2cn(S(=O)(=O)c3ccccc3)c3ncc(Br)cc23)cn1.Cn1cc(-c2cn(S(=O)(=O)c3ccccc3)c3ncc(C4=CCCCCC4)cc23)cn1.O.O.[B]C1=CCCCCC1.[Pd]. The first-order chi connectivity index (χ1) is 30.9. The number of rotatable bonds is 7. The van der Waals surface area contributed by atoms with Crippen LogP contribution in [0.4, 0.5) is 0 Å². The molecule has 2 radical (unpaired) electrons. The maximum absolute atomic E-state index is 13.4. The monoisotopic (exact) mass is 1130 g/mol. The fourth-order valence-corrected chi connectivity index (χ4v) is 11.0. The average molecular weight is 1130 g/mol. The Kier molecular flexibility index (Phi) is 21.5. The third kappa shape index (κ3) is 13.1. The molecule has 0 atom stereocenters. The first kappa shape index (κ1) is 58.1. The molecular weight excluding hydrogens is 1070 g/mol. The molecule has 0 saturated heterocycles. The van der Waals surface area contributed by atoms with Crippen LogP contribution in [0.3, 0.4) is 0 Å². The molecule has 0 unspecified atom stereocenters. The van der Waals surface area contributed by atoms with Gasteiger partial charge in [0, 0.05) is 109 Å². The summed E-state index contributed by atoms with van der Waals surface area (Å²) in [6.07, 6.45) is 30.4. The molecule has 6 heterocycles. The molecular formula is C50H60BBrN8O6PdS2. The Hall–Kier alpha value is -5.25. The van der Waals surface area contributed by atoms with E-state index in [-0.39, 0.29) is 56.0 Å². The maximum Gasteiger partial charge on any atom is 0.269 e. The number of nitrogens with zero attached hydrogens (tertiary/aromatic N) is 8. The number of halogens is 1. The first-order valence-electron chi connectivity index (χ1n) is 21.3. The van der Waals surface area contributed by atoms with E-state index in [1.54, 1.807) is 101 Å². The Morgan fingerprint density at radius 3 is 1.52 bits per heavy atom. The van der Waals surface area contributed by atoms with Gasteiger partial charge in [-0.2, -0.15) is 10.2 Å². The summed E-state index contributed by atoms with van der Waals surface area (Å²) in [6.45, 7) is 0. The van der Waals surface area contributed by atoms with Gasteiger partial charge in [-0.1, -0.05) is 82.7 Å². The van der Waals surface area contributed by atoms with Crippen molar-refractivity contribution in [3.8, 4) is 22.3 Å². The molecule has 0 bridgehead atoms. The van der Waals surface area contributed by atoms with Crippen LogP contribution in [-0.2, 0) is 54.6 Å². The number of hydrogen-bond acceptors (Lipinski definition) is 8. The number of fused-ring (bicyclic) bond motifs is 2. The Balaban J connectivity index is 0.000000300. The minimum absolute atomic E-state index is 0. The second-order valence-electron chi connectivity index (χ2n) is 15.9. The third-order valence-corrected chi connectivity index (χ3v) is 15.1. The Bertz CT molecular complexity index is 3230. The molecule has 10 rings (SSSR count). The molecule has 2 aliphatic carbocycles. The van der Waals surface area contributed by atoms with Gasteiger partial charge in [0.15, 0.2) is 11.3 Å². The summed E-state index contributed by atoms with van der Waals surface area (Å²) in [5, 5.41) is 10.0. The molecule has 0 aliphatic heterocycles. The van der Waals surface area contributed by atoms with E-state index in [0.717, 1.165) is 67.8 Å². The van der Waals surface area contributed by atoms with Crippen molar-refractivity contribution in [1.82, 2.24) is 37.5 Å². The quantitative estimate of drug-likeness (QED) is 0.140. The molecule has 69 heavy (non-hydrogen) atoms. The van der Waals surface area contributed by atoms with Crippen LogP contribution in [-0.4, -0.2) is 73.1 Å². The van der Waals surface area contributed by atoms with Crippen LogP contribution >= 0.6 is 15.9 Å². The number of allylic oxidation sites excluding steroid dienone is 4. The van der Waals surface area contributed by atoms with Crippen molar-refractivity contribution in [2.75, 3.05) is 0 Å². The molecule has 6 aromatic heterocycles. The number of aromatic nitrogens is 8. The van der Waals surface area contributed by atoms with Gasteiger partial charge in [-0.25, -0.2) is 34.7 Å². The van der Waals surface area contributed by atoms with Gasteiger partial charge in [0.05, 0.1) is 22.2 Å². The van der Waals surface area contributed by atoms with Gasteiger partial charge in [-0.05, 0) is 108 Å². The molecule has 2 aromatic carbocycles. The summed E-state index contributed by atoms with van der Waals surface area (Å²) in [7, 11) is 1.74. The average Bonchev–Trinajstić information content (AvgIpc) is 4.02. The van der Waals surface area contributed by atoms with Gasteiger partial charge in [-0.3, -0.25) is 9.36 Å². The summed E-state index contributed by atoms with van der Waals surface area (Å²) in [5.74, 6) is 0. The third-order valence-electron chi connectivity index (χ3n) is 11.3. The Morgan fingerprint density at radius 2 is 1.03 bits per heavy atom. The zero-order chi connectivity index (χ0) is 44.8. The molecule has 0 fully saturated rings. The normalized spacial score (nSPS) is 13.6. The second-order valence-corrected chi connectivity index (χ2v) is 20.5. The number of benzene rings is 2. The van der Waals surface area contributed by atoms with Crippen LogP contribution in [0.15, 0.2) is 154 Å². The second kappa shape index (κ2) is 25.6. The number of pyridine rings is 2. The van der Waals surface area contributed by atoms with Crippen molar-refractivity contribution in [1.29, 1.82) is 0 Å². The van der Waals surface area contributed by atoms with E-state index in [1.807, 2.05) is 38.8 Å². The van der Waals surface area contributed by atoms with Crippen molar-refractivity contribution in [3.05, 3.63) is 150 Å². The van der Waals surface area contributed by atoms with Gasteiger partial charge in [0.2, 0.25) is 0 Å². The van der Waals surface area contributed by atoms with E-state index in [0.29, 0.717) is 11.3 Å². The standard InChI is InChI=1S/C24H24N4O2S.C17H13BrN4O2S.C7H11B.2CH4.2H2O.Pd/c1-27-16-20(15-26-27)23-17-28(31(29,30)21-11-7-4-8-12-21)24-22(23)13-19(14-25-24)18-9-5-2-3-6-10-18;1-21-10-12(8-20-21)16-11-22(17-15(16)7-13(18)9-19-17)25(23,24)14-5-3-2-4-6-14;8-7-5-3-1-2-4-6-7;;;;;/h4,7-9,11-17H,2-3,5-6,10H2,1H3;2-11H,1H3;5H,1-4,6H2;2*1H4;2*1H2;. The zero-order valence-corrected chi connectivity index (χ0v) is 41.8. The van der Waals surface area contributed by atoms with Crippen LogP contribution in [0, 0.1) is 0 Å². The van der Waals surface area contributed by atoms with Crippen molar-refractivity contribution in [2.45, 2.75) is 88.9 Å².